The molecule has 0 N–H and O–H groups in total. The molecule has 4 nitrogen and oxygen atoms in total. The van der Waals surface area contributed by atoms with E-state index < -0.39 is 0 Å². The maximum Gasteiger partial charge on any atom is 0.180 e. The van der Waals surface area contributed by atoms with Crippen molar-refractivity contribution in [3.05, 3.63) is 81.8 Å². The lowest BCUT2D eigenvalue weighted by Crippen LogP contribution is -2.01. The summed E-state index contributed by atoms with van der Waals surface area (Å²) < 4.78 is 16.8. The van der Waals surface area contributed by atoms with Crippen molar-refractivity contribution in [2.24, 2.45) is 4.99 Å². The van der Waals surface area contributed by atoms with Gasteiger partial charge in [0.05, 0.1) is 24.4 Å². The van der Waals surface area contributed by atoms with Gasteiger partial charge in [0.25, 0.3) is 0 Å². The van der Waals surface area contributed by atoms with Crippen molar-refractivity contribution in [1.29, 1.82) is 0 Å². The van der Waals surface area contributed by atoms with Crippen LogP contribution < -0.4 is 14.2 Å². The zero-order valence-electron chi connectivity index (χ0n) is 16.2. The molecule has 0 amide bonds. The van der Waals surface area contributed by atoms with Gasteiger partial charge >= 0.3 is 0 Å². The molecule has 0 heterocycles. The van der Waals surface area contributed by atoms with Crippen molar-refractivity contribution in [3.63, 3.8) is 0 Å². The van der Waals surface area contributed by atoms with Crippen molar-refractivity contribution >= 4 is 35.1 Å². The van der Waals surface area contributed by atoms with E-state index in [1.54, 1.807) is 19.4 Å². The number of ether oxygens (including phenoxy) is 3. The molecule has 6 heteroatoms. The zero-order valence-corrected chi connectivity index (χ0v) is 17.7. The van der Waals surface area contributed by atoms with Gasteiger partial charge in [-0.1, -0.05) is 35.3 Å². The lowest BCUT2D eigenvalue weighted by molar-refractivity contribution is 0.269. The smallest absolute Gasteiger partial charge is 0.180 e. The first-order valence-corrected chi connectivity index (χ1v) is 9.86. The molecule has 0 saturated heterocycles. The number of benzene rings is 3. The molecule has 0 atom stereocenters. The number of nitrogens with zero attached hydrogens (tertiary/aromatic N) is 1. The molecule has 0 unspecified atom stereocenters. The predicted molar refractivity (Wildman–Crippen MR) is 119 cm³/mol. The molecule has 0 spiro atoms. The standard InChI is InChI=1S/C23H21Cl2NO3/c1-3-28-22-13-17(14-26-19-8-10-20(27-2)11-9-19)12-21(25)23(22)29-15-16-4-6-18(24)7-5-16/h4-14H,3,15H2,1-2H3. The van der Waals surface area contributed by atoms with E-state index in [9.17, 15) is 0 Å². The van der Waals surface area contributed by atoms with Crippen molar-refractivity contribution in [3.8, 4) is 17.2 Å². The molecule has 0 bridgehead atoms. The summed E-state index contributed by atoms with van der Waals surface area (Å²) in [7, 11) is 1.63. The molecule has 0 aliphatic rings. The van der Waals surface area contributed by atoms with E-state index in [0.717, 1.165) is 22.6 Å². The Kier molecular flexibility index (Phi) is 7.39. The summed E-state index contributed by atoms with van der Waals surface area (Å²) in [6, 6.07) is 18.6. The van der Waals surface area contributed by atoms with Crippen molar-refractivity contribution in [2.45, 2.75) is 13.5 Å². The molecule has 0 aromatic heterocycles. The van der Waals surface area contributed by atoms with E-state index >= 15 is 0 Å². The quantitative estimate of drug-likeness (QED) is 0.372. The van der Waals surface area contributed by atoms with Gasteiger partial charge in [0.15, 0.2) is 11.5 Å². The number of methoxy groups -OCH3 is 1. The van der Waals surface area contributed by atoms with Gasteiger partial charge in [0.1, 0.15) is 12.4 Å². The van der Waals surface area contributed by atoms with Crippen LogP contribution in [0.4, 0.5) is 5.69 Å². The first-order chi connectivity index (χ1) is 14.1. The van der Waals surface area contributed by atoms with Gasteiger partial charge < -0.3 is 14.2 Å². The maximum atomic E-state index is 6.48. The molecule has 3 rings (SSSR count). The van der Waals surface area contributed by atoms with E-state index in [-0.39, 0.29) is 0 Å². The Morgan fingerprint density at radius 2 is 1.66 bits per heavy atom. The minimum atomic E-state index is 0.357. The molecule has 150 valence electrons. The lowest BCUT2D eigenvalue weighted by atomic mass is 10.2. The Morgan fingerprint density at radius 1 is 0.931 bits per heavy atom. The van der Waals surface area contributed by atoms with Gasteiger partial charge in [-0.15, -0.1) is 0 Å². The van der Waals surface area contributed by atoms with Gasteiger partial charge in [-0.05, 0) is 66.6 Å². The molecule has 0 radical (unpaired) electrons. The summed E-state index contributed by atoms with van der Waals surface area (Å²) in [5.74, 6) is 1.86. The maximum absolute atomic E-state index is 6.48. The highest BCUT2D eigenvalue weighted by atomic mass is 35.5. The zero-order chi connectivity index (χ0) is 20.6. The second-order valence-electron chi connectivity index (χ2n) is 6.13. The fourth-order valence-electron chi connectivity index (χ4n) is 2.62. The normalized spacial score (nSPS) is 10.9. The van der Waals surface area contributed by atoms with E-state index in [0.29, 0.717) is 34.8 Å². The molecule has 0 fully saturated rings. The number of halogens is 2. The predicted octanol–water partition coefficient (Wildman–Crippen LogP) is 6.73. The summed E-state index contributed by atoms with van der Waals surface area (Å²) >= 11 is 12.4. The van der Waals surface area contributed by atoms with E-state index in [4.69, 9.17) is 37.4 Å². The second-order valence-corrected chi connectivity index (χ2v) is 6.98. The fourth-order valence-corrected chi connectivity index (χ4v) is 3.02. The van der Waals surface area contributed by atoms with Gasteiger partial charge in [-0.3, -0.25) is 4.99 Å². The number of hydrogen-bond donors (Lipinski definition) is 0. The van der Waals surface area contributed by atoms with Crippen molar-refractivity contribution < 1.29 is 14.2 Å². The van der Waals surface area contributed by atoms with Gasteiger partial charge in [-0.2, -0.15) is 0 Å². The third-order valence-corrected chi connectivity index (χ3v) is 4.60. The minimum Gasteiger partial charge on any atom is -0.497 e. The van der Waals surface area contributed by atoms with Crippen LogP contribution in [0.25, 0.3) is 0 Å². The van der Waals surface area contributed by atoms with Crippen LogP contribution in [0.5, 0.6) is 17.2 Å². The van der Waals surface area contributed by atoms with Gasteiger partial charge in [0, 0.05) is 11.2 Å². The SMILES string of the molecule is CCOc1cc(C=Nc2ccc(OC)cc2)cc(Cl)c1OCc1ccc(Cl)cc1. The van der Waals surface area contributed by atoms with Gasteiger partial charge in [-0.25, -0.2) is 0 Å². The summed E-state index contributed by atoms with van der Waals surface area (Å²) in [4.78, 5) is 4.48. The molecule has 3 aromatic rings. The molecule has 29 heavy (non-hydrogen) atoms. The highest BCUT2D eigenvalue weighted by Gasteiger charge is 2.12. The number of hydrogen-bond acceptors (Lipinski definition) is 4. The monoisotopic (exact) mass is 429 g/mol. The Balaban J connectivity index is 1.79. The van der Waals surface area contributed by atoms with Crippen molar-refractivity contribution in [2.75, 3.05) is 13.7 Å². The van der Waals surface area contributed by atoms with Crippen LogP contribution in [0, 0.1) is 0 Å². The van der Waals surface area contributed by atoms with Crippen LogP contribution in [0.2, 0.25) is 10.0 Å². The Morgan fingerprint density at radius 3 is 2.31 bits per heavy atom. The average molecular weight is 430 g/mol. The average Bonchev–Trinajstić information content (AvgIpc) is 2.73. The molecule has 3 aromatic carbocycles. The summed E-state index contributed by atoms with van der Waals surface area (Å²) in [5, 5.41) is 1.14. The topological polar surface area (TPSA) is 40.0 Å². The molecular weight excluding hydrogens is 409 g/mol. The highest BCUT2D eigenvalue weighted by Crippen LogP contribution is 2.37. The Bertz CT molecular complexity index is 971. The van der Waals surface area contributed by atoms with Crippen LogP contribution >= 0.6 is 23.2 Å². The first kappa shape index (κ1) is 21.0. The molecule has 0 aliphatic carbocycles. The lowest BCUT2D eigenvalue weighted by Gasteiger charge is -2.14. The third-order valence-electron chi connectivity index (χ3n) is 4.06. The molecule has 0 saturated carbocycles. The van der Waals surface area contributed by atoms with Crippen LogP contribution in [-0.2, 0) is 6.61 Å². The summed E-state index contributed by atoms with van der Waals surface area (Å²) in [5.41, 5.74) is 2.61. The van der Waals surface area contributed by atoms with Crippen LogP contribution in [0.1, 0.15) is 18.1 Å². The number of rotatable bonds is 8. The van der Waals surface area contributed by atoms with Crippen molar-refractivity contribution in [1.82, 2.24) is 0 Å². The minimum absolute atomic E-state index is 0.357. The van der Waals surface area contributed by atoms with E-state index in [1.807, 2.05) is 61.5 Å². The summed E-state index contributed by atoms with van der Waals surface area (Å²) in [6.45, 7) is 2.76. The summed E-state index contributed by atoms with van der Waals surface area (Å²) in [6.07, 6.45) is 1.74. The molecule has 0 aliphatic heterocycles. The van der Waals surface area contributed by atoms with Crippen LogP contribution in [0.15, 0.2) is 65.7 Å². The Labute approximate surface area is 180 Å². The van der Waals surface area contributed by atoms with Gasteiger partial charge in [0.2, 0.25) is 0 Å². The first-order valence-electron chi connectivity index (χ1n) is 9.10. The number of aliphatic imine (C=N–C) groups is 1. The largest absolute Gasteiger partial charge is 0.497 e. The van der Waals surface area contributed by atoms with Crippen LogP contribution in [0.3, 0.4) is 0 Å². The molecular formula is C23H21Cl2NO3. The van der Waals surface area contributed by atoms with E-state index in [1.165, 1.54) is 0 Å². The third kappa shape index (κ3) is 5.89. The fraction of sp³-hybridized carbons (Fsp3) is 0.174. The highest BCUT2D eigenvalue weighted by molar-refractivity contribution is 6.32. The van der Waals surface area contributed by atoms with Crippen LogP contribution in [-0.4, -0.2) is 19.9 Å². The second kappa shape index (κ2) is 10.2. The Hall–Kier alpha value is -2.69. The van der Waals surface area contributed by atoms with E-state index in [2.05, 4.69) is 4.99 Å².